The van der Waals surface area contributed by atoms with Gasteiger partial charge in [0.05, 0.1) is 15.7 Å². The normalized spacial score (nSPS) is 10.7. The van der Waals surface area contributed by atoms with Gasteiger partial charge in [0.1, 0.15) is 0 Å². The molecule has 0 saturated carbocycles. The second-order valence-corrected chi connectivity index (χ2v) is 7.35. The van der Waals surface area contributed by atoms with Gasteiger partial charge in [0, 0.05) is 16.3 Å². The van der Waals surface area contributed by atoms with Crippen molar-refractivity contribution in [2.24, 2.45) is 0 Å². The van der Waals surface area contributed by atoms with Crippen LogP contribution in [-0.2, 0) is 0 Å². The lowest BCUT2D eigenvalue weighted by Gasteiger charge is -2.05. The summed E-state index contributed by atoms with van der Waals surface area (Å²) in [6, 6.07) is 21.4. The number of rotatable bonds is 4. The van der Waals surface area contributed by atoms with Crippen LogP contribution in [0.2, 0.25) is 15.1 Å². The highest BCUT2D eigenvalue weighted by Gasteiger charge is 2.19. The molecule has 4 rings (SSSR count). The molecule has 5 nitrogen and oxygen atoms in total. The Kier molecular flexibility index (Phi) is 5.53. The van der Waals surface area contributed by atoms with Crippen molar-refractivity contribution in [1.29, 1.82) is 0 Å². The maximum absolute atomic E-state index is 12.7. The van der Waals surface area contributed by atoms with Gasteiger partial charge >= 0.3 is 0 Å². The van der Waals surface area contributed by atoms with E-state index in [4.69, 9.17) is 34.8 Å². The third kappa shape index (κ3) is 4.27. The fourth-order valence-corrected chi connectivity index (χ4v) is 3.13. The molecule has 3 aromatic carbocycles. The number of amides is 1. The van der Waals surface area contributed by atoms with Crippen LogP contribution in [0.4, 0.5) is 5.69 Å². The highest BCUT2D eigenvalue weighted by molar-refractivity contribution is 6.42. The highest BCUT2D eigenvalue weighted by atomic mass is 35.5. The molecule has 1 N–H and O–H groups in total. The third-order valence-electron chi connectivity index (χ3n) is 4.09. The van der Waals surface area contributed by atoms with E-state index < -0.39 is 5.91 Å². The molecule has 4 aromatic rings. The number of hydrogen-bond donors (Lipinski definition) is 1. The fraction of sp³-hybridized carbons (Fsp3) is 0. The Morgan fingerprint density at radius 1 is 0.862 bits per heavy atom. The molecule has 8 heteroatoms. The monoisotopic (exact) mass is 442 g/mol. The van der Waals surface area contributed by atoms with Crippen LogP contribution in [0.1, 0.15) is 10.6 Å². The molecule has 29 heavy (non-hydrogen) atoms. The summed E-state index contributed by atoms with van der Waals surface area (Å²) >= 11 is 17.9. The Morgan fingerprint density at radius 3 is 2.28 bits per heavy atom. The number of nitrogens with zero attached hydrogens (tertiary/aromatic N) is 3. The van der Waals surface area contributed by atoms with Crippen molar-refractivity contribution in [3.63, 3.8) is 0 Å². The van der Waals surface area contributed by atoms with Gasteiger partial charge in [-0.2, -0.15) is 0 Å². The molecule has 0 aliphatic carbocycles. The van der Waals surface area contributed by atoms with Gasteiger partial charge in [0.15, 0.2) is 5.82 Å². The van der Waals surface area contributed by atoms with Gasteiger partial charge in [-0.3, -0.25) is 4.79 Å². The number of nitrogens with one attached hydrogen (secondary N) is 1. The topological polar surface area (TPSA) is 59.8 Å². The van der Waals surface area contributed by atoms with E-state index in [-0.39, 0.29) is 5.82 Å². The molecule has 0 unspecified atom stereocenters. The number of halogens is 3. The lowest BCUT2D eigenvalue weighted by atomic mass is 10.2. The van der Waals surface area contributed by atoms with Crippen LogP contribution in [0.3, 0.4) is 0 Å². The van der Waals surface area contributed by atoms with Crippen LogP contribution >= 0.6 is 34.8 Å². The standard InChI is InChI=1S/C21H13Cl3N4O/c22-14-6-9-16(10-7-14)28-20(13-4-2-1-3-5-13)26-19(27-28)21(29)25-15-8-11-17(23)18(24)12-15/h1-12H,(H,25,29). The first-order valence-corrected chi connectivity index (χ1v) is 9.69. The quantitative estimate of drug-likeness (QED) is 0.412. The summed E-state index contributed by atoms with van der Waals surface area (Å²) in [6.45, 7) is 0. The molecule has 1 heterocycles. The van der Waals surface area contributed by atoms with Crippen molar-refractivity contribution < 1.29 is 4.79 Å². The van der Waals surface area contributed by atoms with Crippen molar-refractivity contribution in [2.45, 2.75) is 0 Å². The Balaban J connectivity index is 1.73. The molecular weight excluding hydrogens is 431 g/mol. The maximum atomic E-state index is 12.7. The van der Waals surface area contributed by atoms with Crippen LogP contribution in [-0.4, -0.2) is 20.7 Å². The highest BCUT2D eigenvalue weighted by Crippen LogP contribution is 2.26. The minimum absolute atomic E-state index is 0.0184. The van der Waals surface area contributed by atoms with Crippen molar-refractivity contribution in [3.05, 3.63) is 93.7 Å². The van der Waals surface area contributed by atoms with Gasteiger partial charge in [-0.15, -0.1) is 5.10 Å². The minimum atomic E-state index is -0.465. The first-order chi connectivity index (χ1) is 14.0. The van der Waals surface area contributed by atoms with Gasteiger partial charge in [-0.05, 0) is 42.5 Å². The molecule has 0 fully saturated rings. The summed E-state index contributed by atoms with van der Waals surface area (Å²) in [6.07, 6.45) is 0. The fourth-order valence-electron chi connectivity index (χ4n) is 2.71. The molecule has 1 amide bonds. The van der Waals surface area contributed by atoms with Gasteiger partial charge < -0.3 is 5.32 Å². The molecule has 0 bridgehead atoms. The zero-order valence-electron chi connectivity index (χ0n) is 14.8. The van der Waals surface area contributed by atoms with E-state index >= 15 is 0 Å². The van der Waals surface area contributed by atoms with Crippen LogP contribution in [0.25, 0.3) is 17.1 Å². The first kappa shape index (κ1) is 19.5. The summed E-state index contributed by atoms with van der Waals surface area (Å²) < 4.78 is 1.61. The van der Waals surface area contributed by atoms with E-state index in [9.17, 15) is 4.79 Å². The number of carbonyl (C=O) groups is 1. The number of carbonyl (C=O) groups excluding carboxylic acids is 1. The predicted octanol–water partition coefficient (Wildman–Crippen LogP) is 6.15. The molecule has 0 aliphatic heterocycles. The van der Waals surface area contributed by atoms with Gasteiger partial charge in [0.25, 0.3) is 5.91 Å². The third-order valence-corrected chi connectivity index (χ3v) is 5.08. The van der Waals surface area contributed by atoms with E-state index in [0.717, 1.165) is 11.3 Å². The van der Waals surface area contributed by atoms with Crippen LogP contribution in [0.5, 0.6) is 0 Å². The predicted molar refractivity (Wildman–Crippen MR) is 116 cm³/mol. The number of aromatic nitrogens is 3. The molecule has 144 valence electrons. The van der Waals surface area contributed by atoms with Crippen molar-refractivity contribution in [2.75, 3.05) is 5.32 Å². The average molecular weight is 444 g/mol. The molecule has 0 radical (unpaired) electrons. The summed E-state index contributed by atoms with van der Waals surface area (Å²) in [4.78, 5) is 17.2. The second-order valence-electron chi connectivity index (χ2n) is 6.10. The number of benzene rings is 3. The van der Waals surface area contributed by atoms with Crippen LogP contribution in [0, 0.1) is 0 Å². The lowest BCUT2D eigenvalue weighted by molar-refractivity contribution is 0.101. The van der Waals surface area contributed by atoms with Gasteiger partial charge in [0.2, 0.25) is 5.82 Å². The summed E-state index contributed by atoms with van der Waals surface area (Å²) in [5.74, 6) is 0.0883. The zero-order chi connectivity index (χ0) is 20.4. The zero-order valence-corrected chi connectivity index (χ0v) is 17.1. The smallest absolute Gasteiger partial charge is 0.295 e. The first-order valence-electron chi connectivity index (χ1n) is 8.56. The largest absolute Gasteiger partial charge is 0.319 e. The van der Waals surface area contributed by atoms with E-state index in [0.29, 0.717) is 26.6 Å². The summed E-state index contributed by atoms with van der Waals surface area (Å²) in [7, 11) is 0. The average Bonchev–Trinajstić information content (AvgIpc) is 3.18. The second kappa shape index (κ2) is 8.25. The summed E-state index contributed by atoms with van der Waals surface area (Å²) in [5, 5.41) is 8.50. The van der Waals surface area contributed by atoms with Gasteiger partial charge in [-0.1, -0.05) is 65.1 Å². The molecule has 0 atom stereocenters. The van der Waals surface area contributed by atoms with Crippen molar-refractivity contribution >= 4 is 46.4 Å². The molecule has 1 aromatic heterocycles. The Labute approximate surface area is 181 Å². The Morgan fingerprint density at radius 2 is 1.59 bits per heavy atom. The Hall–Kier alpha value is -2.86. The maximum Gasteiger partial charge on any atom is 0.295 e. The summed E-state index contributed by atoms with van der Waals surface area (Å²) in [5.41, 5.74) is 2.05. The van der Waals surface area contributed by atoms with E-state index in [1.54, 1.807) is 35.0 Å². The number of hydrogen-bond acceptors (Lipinski definition) is 3. The minimum Gasteiger partial charge on any atom is -0.319 e. The molecule has 0 aliphatic rings. The van der Waals surface area contributed by atoms with E-state index in [2.05, 4.69) is 15.4 Å². The van der Waals surface area contributed by atoms with E-state index in [1.807, 2.05) is 42.5 Å². The molecular formula is C21H13Cl3N4O. The van der Waals surface area contributed by atoms with Crippen LogP contribution < -0.4 is 5.32 Å². The van der Waals surface area contributed by atoms with Crippen molar-refractivity contribution in [3.8, 4) is 17.1 Å². The SMILES string of the molecule is O=C(Nc1ccc(Cl)c(Cl)c1)c1nc(-c2ccccc2)n(-c2ccc(Cl)cc2)n1. The molecule has 0 saturated heterocycles. The molecule has 0 spiro atoms. The van der Waals surface area contributed by atoms with E-state index in [1.165, 1.54) is 0 Å². The lowest BCUT2D eigenvalue weighted by Crippen LogP contribution is -2.14. The van der Waals surface area contributed by atoms with Crippen LogP contribution in [0.15, 0.2) is 72.8 Å². The van der Waals surface area contributed by atoms with Crippen molar-refractivity contribution in [1.82, 2.24) is 14.8 Å². The van der Waals surface area contributed by atoms with Gasteiger partial charge in [-0.25, -0.2) is 9.67 Å². The number of anilines is 1. The Bertz CT molecular complexity index is 1170.